The number of ether oxygens (including phenoxy) is 2. The largest absolute Gasteiger partial charge is 0.489 e. The number of halogens is 8. The summed E-state index contributed by atoms with van der Waals surface area (Å²) in [4.78, 5) is 30.8. The Morgan fingerprint density at radius 3 is 2.27 bits per heavy atom. The van der Waals surface area contributed by atoms with Gasteiger partial charge in [-0.25, -0.2) is 32.5 Å². The highest BCUT2D eigenvalue weighted by molar-refractivity contribution is 6.04. The molecular weight excluding hydrogens is 756 g/mol. The number of aromatic nitrogens is 2. The molecule has 1 aromatic heterocycles. The minimum Gasteiger partial charge on any atom is -0.489 e. The van der Waals surface area contributed by atoms with Gasteiger partial charge in [-0.2, -0.15) is 17.6 Å². The number of amides is 1. The third kappa shape index (κ3) is 18.4. The molecule has 2 aromatic carbocycles. The van der Waals surface area contributed by atoms with E-state index in [0.29, 0.717) is 31.9 Å². The number of benzene rings is 2. The Hall–Kier alpha value is -4.52. The summed E-state index contributed by atoms with van der Waals surface area (Å²) in [6, 6.07) is 7.37. The fourth-order valence-electron chi connectivity index (χ4n) is 5.03. The van der Waals surface area contributed by atoms with Crippen molar-refractivity contribution in [3.63, 3.8) is 0 Å². The van der Waals surface area contributed by atoms with Crippen molar-refractivity contribution in [3.05, 3.63) is 94.1 Å². The monoisotopic (exact) mass is 806 g/mol. The van der Waals surface area contributed by atoms with E-state index in [1.807, 2.05) is 18.8 Å². The van der Waals surface area contributed by atoms with Crippen molar-refractivity contribution < 1.29 is 54.2 Å². The van der Waals surface area contributed by atoms with Crippen LogP contribution in [0.25, 0.3) is 0 Å². The van der Waals surface area contributed by atoms with Crippen molar-refractivity contribution in [3.8, 4) is 5.75 Å². The maximum absolute atomic E-state index is 15.1. The van der Waals surface area contributed by atoms with Gasteiger partial charge in [0.1, 0.15) is 26.4 Å². The number of hydrogen-bond donors (Lipinski definition) is 2. The first-order chi connectivity index (χ1) is 26.7. The summed E-state index contributed by atoms with van der Waals surface area (Å²) in [7, 11) is 3.70. The zero-order valence-electron chi connectivity index (χ0n) is 32.0. The van der Waals surface area contributed by atoms with Gasteiger partial charge in [-0.15, -0.1) is 0 Å². The number of carbonyl (C=O) groups excluding carboxylic acids is 2. The van der Waals surface area contributed by atoms with E-state index in [1.54, 1.807) is 26.1 Å². The molecule has 4 rings (SSSR count). The standard InChI is InChI=1S/C30H39F5N4O3.C6H7FN2.CH2F2.CH2O/c1-21-19-24(30(33,34)35)9-10-25(21)37-29(40)23(7-5-4-6-12-38(3)36-2)20-22-8-11-26(28(32)27(22)31)42-18-15-39-13-16-41-17-14-39;1-5-2-6(3-7)9-4-8-5;2-1-3;1-2/h7-11,19,36H,4-6,12-18,20H2,1-3H3,(H,37,40);2,4H,3H2,1H3;1H2;1H2/b23-7+;;;. The topological polar surface area (TPSA) is 109 Å². The van der Waals surface area contributed by atoms with Crippen molar-refractivity contribution in [2.75, 3.05) is 72.3 Å². The van der Waals surface area contributed by atoms with E-state index < -0.39 is 42.9 Å². The number of unbranched alkanes of at least 4 members (excludes halogenated alkanes) is 2. The first kappa shape index (κ1) is 49.5. The molecule has 0 spiro atoms. The van der Waals surface area contributed by atoms with Gasteiger partial charge in [0, 0.05) is 56.6 Å². The first-order valence-corrected chi connectivity index (χ1v) is 17.4. The molecule has 1 amide bonds. The Balaban J connectivity index is 0.000000949. The van der Waals surface area contributed by atoms with Gasteiger partial charge in [0.15, 0.2) is 11.6 Å². The maximum Gasteiger partial charge on any atom is 0.416 e. The van der Waals surface area contributed by atoms with Crippen LogP contribution in [0.2, 0.25) is 0 Å². The lowest BCUT2D eigenvalue weighted by molar-refractivity contribution is -0.137. The van der Waals surface area contributed by atoms with Gasteiger partial charge >= 0.3 is 6.18 Å². The number of aryl methyl sites for hydroxylation is 2. The van der Waals surface area contributed by atoms with Crippen LogP contribution in [0.3, 0.4) is 0 Å². The summed E-state index contributed by atoms with van der Waals surface area (Å²) in [5.41, 5.74) is 3.98. The van der Waals surface area contributed by atoms with E-state index in [4.69, 9.17) is 14.3 Å². The molecule has 1 aliphatic heterocycles. The Morgan fingerprint density at radius 1 is 1.02 bits per heavy atom. The average Bonchev–Trinajstić information content (AvgIpc) is 3.18. The number of hydrazine groups is 1. The van der Waals surface area contributed by atoms with Crippen LogP contribution < -0.4 is 15.5 Å². The van der Waals surface area contributed by atoms with Crippen molar-refractivity contribution in [1.29, 1.82) is 0 Å². The Bertz CT molecular complexity index is 1630. The summed E-state index contributed by atoms with van der Waals surface area (Å²) < 4.78 is 111. The molecule has 10 nitrogen and oxygen atoms in total. The zero-order chi connectivity index (χ0) is 42.1. The van der Waals surface area contributed by atoms with E-state index in [2.05, 4.69) is 25.6 Å². The maximum atomic E-state index is 15.1. The fraction of sp³-hybridized carbons (Fsp3) is 0.474. The molecule has 1 fully saturated rings. The molecule has 0 aliphatic carbocycles. The summed E-state index contributed by atoms with van der Waals surface area (Å²) in [6.07, 6.45) is 0.356. The zero-order valence-corrected chi connectivity index (χ0v) is 32.0. The Morgan fingerprint density at radius 2 is 1.70 bits per heavy atom. The number of morpholine rings is 1. The lowest BCUT2D eigenvalue weighted by Gasteiger charge is -2.26. The molecule has 2 N–H and O–H groups in total. The van der Waals surface area contributed by atoms with Gasteiger partial charge in [-0.1, -0.05) is 12.1 Å². The van der Waals surface area contributed by atoms with Crippen LogP contribution in [0, 0.1) is 25.5 Å². The van der Waals surface area contributed by atoms with Crippen LogP contribution in [-0.2, 0) is 33.6 Å². The van der Waals surface area contributed by atoms with Crippen molar-refractivity contribution in [2.45, 2.75) is 52.4 Å². The van der Waals surface area contributed by atoms with Crippen LogP contribution in [-0.4, -0.2) is 99.6 Å². The molecular formula is C38H50F8N6O4. The highest BCUT2D eigenvalue weighted by Gasteiger charge is 2.31. The number of allylic oxidation sites excluding steroid dienone is 1. The molecule has 0 radical (unpaired) electrons. The number of hydrogen-bond acceptors (Lipinski definition) is 9. The van der Waals surface area contributed by atoms with E-state index in [0.717, 1.165) is 50.3 Å². The third-order valence-electron chi connectivity index (χ3n) is 8.09. The minimum absolute atomic E-state index is 0.0338. The predicted octanol–water partition coefficient (Wildman–Crippen LogP) is 7.30. The lowest BCUT2D eigenvalue weighted by Crippen LogP contribution is -2.38. The van der Waals surface area contributed by atoms with Crippen LogP contribution in [0.5, 0.6) is 5.75 Å². The van der Waals surface area contributed by atoms with Crippen molar-refractivity contribution in [1.82, 2.24) is 25.3 Å². The highest BCUT2D eigenvalue weighted by atomic mass is 19.4. The quantitative estimate of drug-likeness (QED) is 0.0709. The van der Waals surface area contributed by atoms with Gasteiger partial charge in [0.05, 0.1) is 24.5 Å². The number of carbonyl (C=O) groups is 2. The van der Waals surface area contributed by atoms with E-state index >= 15 is 4.39 Å². The molecule has 18 heteroatoms. The second-order valence-electron chi connectivity index (χ2n) is 12.1. The Labute approximate surface area is 322 Å². The number of nitrogens with zero attached hydrogens (tertiary/aromatic N) is 4. The lowest BCUT2D eigenvalue weighted by atomic mass is 10.0. The van der Waals surface area contributed by atoms with Crippen molar-refractivity contribution in [2.24, 2.45) is 0 Å². The molecule has 0 atom stereocenters. The fourth-order valence-corrected chi connectivity index (χ4v) is 5.03. The number of anilines is 1. The van der Waals surface area contributed by atoms with Crippen molar-refractivity contribution >= 4 is 18.4 Å². The number of nitrogens with one attached hydrogen (secondary N) is 2. The predicted molar refractivity (Wildman–Crippen MR) is 197 cm³/mol. The molecule has 312 valence electrons. The average molecular weight is 807 g/mol. The van der Waals surface area contributed by atoms with Gasteiger partial charge in [0.2, 0.25) is 12.7 Å². The van der Waals surface area contributed by atoms with Crippen LogP contribution in [0.4, 0.5) is 40.8 Å². The molecule has 3 aromatic rings. The molecule has 0 unspecified atom stereocenters. The summed E-state index contributed by atoms with van der Waals surface area (Å²) in [6.45, 7) is 7.22. The van der Waals surface area contributed by atoms with Gasteiger partial charge < -0.3 is 19.6 Å². The van der Waals surface area contributed by atoms with Crippen LogP contribution in [0.1, 0.15) is 47.3 Å². The molecule has 56 heavy (non-hydrogen) atoms. The van der Waals surface area contributed by atoms with Crippen LogP contribution >= 0.6 is 0 Å². The van der Waals surface area contributed by atoms with Gasteiger partial charge in [-0.3, -0.25) is 15.1 Å². The second kappa shape index (κ2) is 27.1. The second-order valence-corrected chi connectivity index (χ2v) is 12.1. The van der Waals surface area contributed by atoms with E-state index in [-0.39, 0.29) is 41.2 Å². The number of rotatable bonds is 15. The summed E-state index contributed by atoms with van der Waals surface area (Å²) >= 11 is 0. The SMILES string of the molecule is C=O.CNN(C)CCCC/C=C(\Cc1ccc(OCCN2CCOCC2)c(F)c1F)C(=O)Nc1ccc(C(F)(F)F)cc1C.Cc1cc(CF)ncn1.FCF. The molecule has 2 heterocycles. The van der Waals surface area contributed by atoms with Gasteiger partial charge in [-0.05, 0) is 81.6 Å². The van der Waals surface area contributed by atoms with E-state index in [9.17, 15) is 35.5 Å². The molecule has 0 saturated carbocycles. The summed E-state index contributed by atoms with van der Waals surface area (Å²) in [5.74, 6) is -3.06. The third-order valence-corrected chi connectivity index (χ3v) is 8.09. The normalized spacial score (nSPS) is 13.1. The molecule has 0 bridgehead atoms. The smallest absolute Gasteiger partial charge is 0.416 e. The first-order valence-electron chi connectivity index (χ1n) is 17.4. The minimum atomic E-state index is -4.51. The van der Waals surface area contributed by atoms with E-state index in [1.165, 1.54) is 31.5 Å². The summed E-state index contributed by atoms with van der Waals surface area (Å²) in [5, 5.41) is 4.54. The van der Waals surface area contributed by atoms with Gasteiger partial charge in [0.25, 0.3) is 5.91 Å². The van der Waals surface area contributed by atoms with Crippen LogP contribution in [0.15, 0.2) is 54.4 Å². The molecule has 1 saturated heterocycles. The highest BCUT2D eigenvalue weighted by Crippen LogP contribution is 2.32. The Kier molecular flexibility index (Phi) is 24.0. The molecule has 1 aliphatic rings. The number of alkyl halides is 6.